The van der Waals surface area contributed by atoms with E-state index in [1.54, 1.807) is 36.4 Å². The molecule has 1 heterocycles. The van der Waals surface area contributed by atoms with Gasteiger partial charge in [-0.2, -0.15) is 0 Å². The van der Waals surface area contributed by atoms with Crippen LogP contribution in [0, 0.1) is 0 Å². The number of hydrogen-bond donors (Lipinski definition) is 1. The van der Waals surface area contributed by atoms with Gasteiger partial charge in [-0.15, -0.1) is 0 Å². The molecule has 132 valence electrons. The van der Waals surface area contributed by atoms with Crippen molar-refractivity contribution < 1.29 is 22.7 Å². The molecule has 1 amide bonds. The van der Waals surface area contributed by atoms with Gasteiger partial charge in [0.25, 0.3) is 0 Å². The predicted molar refractivity (Wildman–Crippen MR) is 94.8 cm³/mol. The molecule has 0 aliphatic carbocycles. The quantitative estimate of drug-likeness (QED) is 0.858. The van der Waals surface area contributed by atoms with Crippen molar-refractivity contribution in [2.24, 2.45) is 0 Å². The standard InChI is InChI=1S/C16H15ClN2O5S/c1-25(21,22)19(13-5-3-2-4-12(13)17)9-16(20)18-11-6-7-14-15(8-11)24-10-23-14/h2-8H,9-10H2,1H3,(H,18,20). The van der Waals surface area contributed by atoms with Crippen molar-refractivity contribution in [3.8, 4) is 11.5 Å². The Morgan fingerprint density at radius 3 is 2.64 bits per heavy atom. The first-order valence-electron chi connectivity index (χ1n) is 7.26. The summed E-state index contributed by atoms with van der Waals surface area (Å²) in [5.74, 6) is 0.597. The third-order valence-electron chi connectivity index (χ3n) is 3.47. The molecule has 0 saturated carbocycles. The van der Waals surface area contributed by atoms with Crippen LogP contribution in [-0.2, 0) is 14.8 Å². The van der Waals surface area contributed by atoms with Crippen LogP contribution in [0.3, 0.4) is 0 Å². The number of para-hydroxylation sites is 1. The fraction of sp³-hybridized carbons (Fsp3) is 0.188. The number of nitrogens with one attached hydrogen (secondary N) is 1. The highest BCUT2D eigenvalue weighted by Crippen LogP contribution is 2.34. The highest BCUT2D eigenvalue weighted by molar-refractivity contribution is 7.92. The summed E-state index contributed by atoms with van der Waals surface area (Å²) in [4.78, 5) is 12.3. The van der Waals surface area contributed by atoms with E-state index in [0.717, 1.165) is 10.6 Å². The normalized spacial score (nSPS) is 12.7. The Balaban J connectivity index is 1.78. The van der Waals surface area contributed by atoms with Gasteiger partial charge in [-0.25, -0.2) is 8.42 Å². The smallest absolute Gasteiger partial charge is 0.245 e. The molecule has 0 aromatic heterocycles. The lowest BCUT2D eigenvalue weighted by atomic mass is 10.2. The topological polar surface area (TPSA) is 84.9 Å². The molecule has 1 N–H and O–H groups in total. The molecule has 25 heavy (non-hydrogen) atoms. The van der Waals surface area contributed by atoms with Gasteiger partial charge >= 0.3 is 0 Å². The molecule has 0 radical (unpaired) electrons. The fourth-order valence-corrected chi connectivity index (χ4v) is 3.50. The van der Waals surface area contributed by atoms with Crippen molar-refractivity contribution >= 4 is 38.9 Å². The van der Waals surface area contributed by atoms with Crippen LogP contribution < -0.4 is 19.1 Å². The molecule has 0 spiro atoms. The van der Waals surface area contributed by atoms with E-state index < -0.39 is 22.5 Å². The molecule has 0 unspecified atom stereocenters. The van der Waals surface area contributed by atoms with Crippen molar-refractivity contribution in [3.63, 3.8) is 0 Å². The molecule has 0 bridgehead atoms. The molecule has 1 aliphatic rings. The van der Waals surface area contributed by atoms with Crippen LogP contribution in [0.2, 0.25) is 5.02 Å². The molecular formula is C16H15ClN2O5S. The monoisotopic (exact) mass is 382 g/mol. The summed E-state index contributed by atoms with van der Waals surface area (Å²) in [6.07, 6.45) is 1.02. The van der Waals surface area contributed by atoms with Crippen LogP contribution in [0.4, 0.5) is 11.4 Å². The summed E-state index contributed by atoms with van der Waals surface area (Å²) in [5.41, 5.74) is 0.717. The van der Waals surface area contributed by atoms with Gasteiger partial charge in [0, 0.05) is 11.8 Å². The number of rotatable bonds is 5. The zero-order valence-corrected chi connectivity index (χ0v) is 14.8. The van der Waals surface area contributed by atoms with E-state index >= 15 is 0 Å². The van der Waals surface area contributed by atoms with E-state index in [4.69, 9.17) is 21.1 Å². The average Bonchev–Trinajstić information content (AvgIpc) is 3.00. The third kappa shape index (κ3) is 3.97. The minimum Gasteiger partial charge on any atom is -0.454 e. The Bertz CT molecular complexity index is 916. The first-order valence-corrected chi connectivity index (χ1v) is 9.49. The maximum absolute atomic E-state index is 12.3. The highest BCUT2D eigenvalue weighted by Gasteiger charge is 2.23. The number of sulfonamides is 1. The highest BCUT2D eigenvalue weighted by atomic mass is 35.5. The molecule has 9 heteroatoms. The van der Waals surface area contributed by atoms with Gasteiger partial charge in [0.05, 0.1) is 17.0 Å². The van der Waals surface area contributed by atoms with Crippen molar-refractivity contribution in [1.82, 2.24) is 0 Å². The fourth-order valence-electron chi connectivity index (χ4n) is 2.34. The second-order valence-corrected chi connectivity index (χ2v) is 7.65. The maximum Gasteiger partial charge on any atom is 0.245 e. The molecule has 1 aliphatic heterocycles. The summed E-state index contributed by atoms with van der Waals surface area (Å²) < 4.78 is 35.6. The number of fused-ring (bicyclic) bond motifs is 1. The van der Waals surface area contributed by atoms with Crippen molar-refractivity contribution in [2.75, 3.05) is 29.2 Å². The Hall–Kier alpha value is -2.45. The zero-order chi connectivity index (χ0) is 18.0. The Morgan fingerprint density at radius 1 is 1.20 bits per heavy atom. The summed E-state index contributed by atoms with van der Waals surface area (Å²) >= 11 is 6.06. The number of carbonyl (C=O) groups is 1. The second-order valence-electron chi connectivity index (χ2n) is 5.34. The molecule has 7 nitrogen and oxygen atoms in total. The lowest BCUT2D eigenvalue weighted by Gasteiger charge is -2.22. The SMILES string of the molecule is CS(=O)(=O)N(CC(=O)Nc1ccc2c(c1)OCO2)c1ccccc1Cl. The summed E-state index contributed by atoms with van der Waals surface area (Å²) in [6.45, 7) is -0.280. The van der Waals surface area contributed by atoms with Gasteiger partial charge in [0.15, 0.2) is 11.5 Å². The van der Waals surface area contributed by atoms with Gasteiger partial charge < -0.3 is 14.8 Å². The van der Waals surface area contributed by atoms with E-state index in [0.29, 0.717) is 17.2 Å². The lowest BCUT2D eigenvalue weighted by Crippen LogP contribution is -2.37. The maximum atomic E-state index is 12.3. The zero-order valence-electron chi connectivity index (χ0n) is 13.2. The first kappa shape index (κ1) is 17.4. The Labute approximate surface area is 150 Å². The number of anilines is 2. The van der Waals surface area contributed by atoms with Crippen LogP contribution in [0.5, 0.6) is 11.5 Å². The largest absolute Gasteiger partial charge is 0.454 e. The molecule has 0 fully saturated rings. The Morgan fingerprint density at radius 2 is 1.92 bits per heavy atom. The van der Waals surface area contributed by atoms with Gasteiger partial charge in [-0.1, -0.05) is 23.7 Å². The summed E-state index contributed by atoms with van der Waals surface area (Å²) in [5, 5.41) is 2.88. The lowest BCUT2D eigenvalue weighted by molar-refractivity contribution is -0.114. The van der Waals surface area contributed by atoms with Crippen molar-refractivity contribution in [3.05, 3.63) is 47.5 Å². The van der Waals surface area contributed by atoms with Gasteiger partial charge in [-0.05, 0) is 24.3 Å². The van der Waals surface area contributed by atoms with Gasteiger partial charge in [0.1, 0.15) is 6.54 Å². The van der Waals surface area contributed by atoms with E-state index in [-0.39, 0.29) is 17.5 Å². The van der Waals surface area contributed by atoms with Crippen molar-refractivity contribution in [1.29, 1.82) is 0 Å². The number of carbonyl (C=O) groups excluding carboxylic acids is 1. The number of benzene rings is 2. The van der Waals surface area contributed by atoms with Crippen molar-refractivity contribution in [2.45, 2.75) is 0 Å². The number of nitrogens with zero attached hydrogens (tertiary/aromatic N) is 1. The first-order chi connectivity index (χ1) is 11.8. The number of amides is 1. The van der Waals surface area contributed by atoms with E-state index in [1.807, 2.05) is 0 Å². The summed E-state index contributed by atoms with van der Waals surface area (Å²) in [7, 11) is -3.69. The van der Waals surface area contributed by atoms with E-state index in [1.165, 1.54) is 6.07 Å². The van der Waals surface area contributed by atoms with Gasteiger partial charge in [0.2, 0.25) is 22.7 Å². The minimum absolute atomic E-state index is 0.126. The molecular weight excluding hydrogens is 368 g/mol. The molecule has 3 rings (SSSR count). The number of halogens is 1. The summed E-state index contributed by atoms with van der Waals surface area (Å²) in [6, 6.07) is 11.3. The number of ether oxygens (including phenoxy) is 2. The van der Waals surface area contributed by atoms with Crippen LogP contribution in [0.25, 0.3) is 0 Å². The molecule has 0 saturated heterocycles. The Kier molecular flexibility index (Phi) is 4.73. The van der Waals surface area contributed by atoms with Crippen LogP contribution in [-0.4, -0.2) is 33.9 Å². The molecule has 2 aromatic carbocycles. The van der Waals surface area contributed by atoms with E-state index in [9.17, 15) is 13.2 Å². The van der Waals surface area contributed by atoms with Crippen LogP contribution in [0.1, 0.15) is 0 Å². The predicted octanol–water partition coefficient (Wildman–Crippen LogP) is 2.47. The molecule has 0 atom stereocenters. The minimum atomic E-state index is -3.69. The van der Waals surface area contributed by atoms with Crippen LogP contribution >= 0.6 is 11.6 Å². The molecule has 2 aromatic rings. The van der Waals surface area contributed by atoms with Gasteiger partial charge in [-0.3, -0.25) is 9.10 Å². The van der Waals surface area contributed by atoms with Crippen LogP contribution in [0.15, 0.2) is 42.5 Å². The average molecular weight is 383 g/mol. The van der Waals surface area contributed by atoms with E-state index in [2.05, 4.69) is 5.32 Å². The third-order valence-corrected chi connectivity index (χ3v) is 4.91. The second kappa shape index (κ2) is 6.81. The number of hydrogen-bond acceptors (Lipinski definition) is 5.